The van der Waals surface area contributed by atoms with Gasteiger partial charge in [-0.1, -0.05) is 35.5 Å². The number of aryl methyl sites for hydroxylation is 2. The maximum atomic E-state index is 12.2. The fourth-order valence-electron chi connectivity index (χ4n) is 2.38. The summed E-state index contributed by atoms with van der Waals surface area (Å²) in [5.41, 5.74) is 6.30. The molecule has 142 valence electrons. The molecule has 12 heteroatoms. The predicted octanol–water partition coefficient (Wildman–Crippen LogP) is 0.504. The van der Waals surface area contributed by atoms with Crippen LogP contribution in [-0.2, 0) is 21.4 Å². The fourth-order valence-corrected chi connectivity index (χ4v) is 3.61. The Morgan fingerprint density at radius 2 is 2.04 bits per heavy atom. The Balaban J connectivity index is 1.54. The van der Waals surface area contributed by atoms with Crippen molar-refractivity contribution >= 4 is 21.7 Å². The van der Waals surface area contributed by atoms with Gasteiger partial charge >= 0.3 is 0 Å². The average Bonchev–Trinajstić information content (AvgIpc) is 3.22. The number of carbonyl (C=O) groups excluding carboxylic acids is 1. The average molecular weight is 391 g/mol. The summed E-state index contributed by atoms with van der Waals surface area (Å²) in [4.78, 5) is 13.0. The second-order valence-corrected chi connectivity index (χ2v) is 7.28. The SMILES string of the molecule is Cc1onc(N)c1S(=O)(=O)NC(=O)CCCn1nnc(-c2ccccc2)n1. The molecule has 27 heavy (non-hydrogen) atoms. The summed E-state index contributed by atoms with van der Waals surface area (Å²) in [5, 5.41) is 15.5. The van der Waals surface area contributed by atoms with Crippen molar-refractivity contribution in [3.63, 3.8) is 0 Å². The monoisotopic (exact) mass is 391 g/mol. The van der Waals surface area contributed by atoms with Gasteiger partial charge in [0.2, 0.25) is 11.7 Å². The molecule has 0 radical (unpaired) electrons. The zero-order chi connectivity index (χ0) is 19.4. The number of nitrogens with one attached hydrogen (secondary N) is 1. The smallest absolute Gasteiger partial charge is 0.271 e. The van der Waals surface area contributed by atoms with Crippen molar-refractivity contribution in [2.24, 2.45) is 0 Å². The minimum Gasteiger partial charge on any atom is -0.380 e. The van der Waals surface area contributed by atoms with Gasteiger partial charge in [-0.25, -0.2) is 13.1 Å². The van der Waals surface area contributed by atoms with Crippen LogP contribution in [0.4, 0.5) is 5.82 Å². The lowest BCUT2D eigenvalue weighted by Gasteiger charge is -2.05. The molecule has 1 aromatic carbocycles. The van der Waals surface area contributed by atoms with Gasteiger partial charge in [-0.15, -0.1) is 10.2 Å². The molecule has 0 unspecified atom stereocenters. The van der Waals surface area contributed by atoms with Crippen molar-refractivity contribution in [3.05, 3.63) is 36.1 Å². The van der Waals surface area contributed by atoms with E-state index in [2.05, 4.69) is 20.6 Å². The number of benzene rings is 1. The number of nitrogen functional groups attached to an aromatic ring is 1. The maximum absolute atomic E-state index is 12.2. The maximum Gasteiger partial charge on any atom is 0.271 e. The van der Waals surface area contributed by atoms with E-state index in [0.717, 1.165) is 5.56 Å². The topological polar surface area (TPSA) is 159 Å². The van der Waals surface area contributed by atoms with Crippen molar-refractivity contribution in [1.29, 1.82) is 0 Å². The third-order valence-corrected chi connectivity index (χ3v) is 5.13. The van der Waals surface area contributed by atoms with Gasteiger partial charge in [0, 0.05) is 12.0 Å². The molecule has 3 rings (SSSR count). The number of rotatable bonds is 7. The fraction of sp³-hybridized carbons (Fsp3) is 0.267. The molecule has 2 aromatic heterocycles. The standard InChI is InChI=1S/C15H17N7O4S/c1-10-13(14(16)19-26-10)27(24,25)20-12(23)8-5-9-22-18-15(17-21-22)11-6-3-2-4-7-11/h2-4,6-7H,5,8-9H2,1H3,(H2,16,19)(H,20,23). The molecule has 0 bridgehead atoms. The molecule has 0 fully saturated rings. The van der Waals surface area contributed by atoms with E-state index in [9.17, 15) is 13.2 Å². The van der Waals surface area contributed by atoms with Gasteiger partial charge in [0.15, 0.2) is 16.5 Å². The van der Waals surface area contributed by atoms with Gasteiger partial charge in [-0.3, -0.25) is 4.79 Å². The number of hydrogen-bond donors (Lipinski definition) is 2. The molecule has 0 aliphatic heterocycles. The van der Waals surface area contributed by atoms with E-state index in [1.165, 1.54) is 11.7 Å². The van der Waals surface area contributed by atoms with Gasteiger partial charge in [0.25, 0.3) is 10.0 Å². The summed E-state index contributed by atoms with van der Waals surface area (Å²) < 4.78 is 31.0. The number of carbonyl (C=O) groups is 1. The van der Waals surface area contributed by atoms with Crippen LogP contribution in [0.3, 0.4) is 0 Å². The number of hydrogen-bond acceptors (Lipinski definition) is 9. The van der Waals surface area contributed by atoms with Crippen LogP contribution in [0.1, 0.15) is 18.6 Å². The normalized spacial score (nSPS) is 11.4. The molecule has 3 aromatic rings. The van der Waals surface area contributed by atoms with Crippen LogP contribution in [0.5, 0.6) is 0 Å². The lowest BCUT2D eigenvalue weighted by molar-refractivity contribution is -0.119. The van der Waals surface area contributed by atoms with Crippen LogP contribution in [0.2, 0.25) is 0 Å². The highest BCUT2D eigenvalue weighted by atomic mass is 32.2. The first-order chi connectivity index (χ1) is 12.9. The summed E-state index contributed by atoms with van der Waals surface area (Å²) in [7, 11) is -4.14. The molecule has 11 nitrogen and oxygen atoms in total. The van der Waals surface area contributed by atoms with Gasteiger partial charge in [-0.05, 0) is 18.6 Å². The molecule has 0 saturated carbocycles. The third-order valence-electron chi connectivity index (χ3n) is 3.60. The van der Waals surface area contributed by atoms with Crippen molar-refractivity contribution in [2.45, 2.75) is 31.2 Å². The van der Waals surface area contributed by atoms with Gasteiger partial charge in [-0.2, -0.15) is 4.80 Å². The van der Waals surface area contributed by atoms with Crippen LogP contribution in [0.25, 0.3) is 11.4 Å². The Kier molecular flexibility index (Phi) is 5.16. The van der Waals surface area contributed by atoms with Gasteiger partial charge in [0.1, 0.15) is 0 Å². The van der Waals surface area contributed by atoms with Crippen LogP contribution in [-0.4, -0.2) is 39.7 Å². The minimum absolute atomic E-state index is 0.00746. The zero-order valence-electron chi connectivity index (χ0n) is 14.4. The van der Waals surface area contributed by atoms with Crippen molar-refractivity contribution in [2.75, 3.05) is 5.73 Å². The highest BCUT2D eigenvalue weighted by Crippen LogP contribution is 2.21. The molecule has 0 aliphatic carbocycles. The molecule has 0 spiro atoms. The number of nitrogens with zero attached hydrogens (tertiary/aromatic N) is 5. The highest BCUT2D eigenvalue weighted by molar-refractivity contribution is 7.90. The number of nitrogens with two attached hydrogens (primary N) is 1. The summed E-state index contributed by atoms with van der Waals surface area (Å²) in [5.74, 6) is -0.499. The van der Waals surface area contributed by atoms with Crippen molar-refractivity contribution in [1.82, 2.24) is 30.1 Å². The first kappa shape index (κ1) is 18.5. The van der Waals surface area contributed by atoms with E-state index < -0.39 is 15.9 Å². The molecular formula is C15H17N7O4S. The first-order valence-corrected chi connectivity index (χ1v) is 9.46. The number of tetrazole rings is 1. The molecule has 0 atom stereocenters. The van der Waals surface area contributed by atoms with Crippen molar-refractivity contribution < 1.29 is 17.7 Å². The lowest BCUT2D eigenvalue weighted by atomic mass is 10.2. The van der Waals surface area contributed by atoms with Crippen LogP contribution < -0.4 is 10.5 Å². The van der Waals surface area contributed by atoms with Crippen LogP contribution in [0, 0.1) is 6.92 Å². The predicted molar refractivity (Wildman–Crippen MR) is 93.5 cm³/mol. The zero-order valence-corrected chi connectivity index (χ0v) is 15.2. The van der Waals surface area contributed by atoms with E-state index >= 15 is 0 Å². The summed E-state index contributed by atoms with van der Waals surface area (Å²) in [6.45, 7) is 1.70. The Morgan fingerprint density at radius 1 is 1.30 bits per heavy atom. The number of amides is 1. The summed E-state index contributed by atoms with van der Waals surface area (Å²) >= 11 is 0. The first-order valence-electron chi connectivity index (χ1n) is 7.97. The second-order valence-electron chi connectivity index (χ2n) is 5.66. The number of sulfonamides is 1. The minimum atomic E-state index is -4.14. The van der Waals surface area contributed by atoms with E-state index in [1.54, 1.807) is 0 Å². The second kappa shape index (κ2) is 7.53. The van der Waals surface area contributed by atoms with Gasteiger partial charge < -0.3 is 10.3 Å². The van der Waals surface area contributed by atoms with Crippen LogP contribution in [0.15, 0.2) is 39.8 Å². The molecule has 3 N–H and O–H groups in total. The Labute approximate surface area is 154 Å². The largest absolute Gasteiger partial charge is 0.380 e. The molecule has 0 saturated heterocycles. The number of aromatic nitrogens is 5. The molecule has 2 heterocycles. The van der Waals surface area contributed by atoms with Crippen molar-refractivity contribution in [3.8, 4) is 11.4 Å². The Hall–Kier alpha value is -3.28. The van der Waals surface area contributed by atoms with E-state index in [0.29, 0.717) is 18.8 Å². The quantitative estimate of drug-likeness (QED) is 0.584. The highest BCUT2D eigenvalue weighted by Gasteiger charge is 2.26. The Bertz CT molecular complexity index is 1020. The number of anilines is 1. The van der Waals surface area contributed by atoms with Gasteiger partial charge in [0.05, 0.1) is 6.54 Å². The third kappa shape index (κ3) is 4.28. The summed E-state index contributed by atoms with van der Waals surface area (Å²) in [6, 6.07) is 9.33. The van der Waals surface area contributed by atoms with Crippen LogP contribution >= 0.6 is 0 Å². The molecular weight excluding hydrogens is 374 g/mol. The van der Waals surface area contributed by atoms with E-state index in [1.807, 2.05) is 35.1 Å². The Morgan fingerprint density at radius 3 is 2.70 bits per heavy atom. The molecule has 0 aliphatic rings. The van der Waals surface area contributed by atoms with E-state index in [-0.39, 0.29) is 22.9 Å². The lowest BCUT2D eigenvalue weighted by Crippen LogP contribution is -2.31. The molecule has 1 amide bonds. The van der Waals surface area contributed by atoms with E-state index in [4.69, 9.17) is 10.3 Å². The summed E-state index contributed by atoms with van der Waals surface area (Å²) in [6.07, 6.45) is 0.274.